The Morgan fingerprint density at radius 2 is 2.09 bits per heavy atom. The molecule has 0 aromatic carbocycles. The molecule has 0 spiro atoms. The van der Waals surface area contributed by atoms with Crippen molar-refractivity contribution < 1.29 is 9.47 Å². The summed E-state index contributed by atoms with van der Waals surface area (Å²) in [4.78, 5) is 10.9. The fourth-order valence-corrected chi connectivity index (χ4v) is 3.03. The number of hydrogen-bond acceptors (Lipinski definition) is 4. The topological polar surface area (TPSA) is 73.0 Å². The normalized spacial score (nSPS) is 20.5. The largest absolute Gasteiger partial charge is 0.474 e. The van der Waals surface area contributed by atoms with E-state index in [1.807, 2.05) is 12.1 Å². The first-order valence-electron chi connectivity index (χ1n) is 8.55. The van der Waals surface area contributed by atoms with Gasteiger partial charge in [-0.25, -0.2) is 9.98 Å². The van der Waals surface area contributed by atoms with Gasteiger partial charge < -0.3 is 20.1 Å². The second-order valence-corrected chi connectivity index (χ2v) is 6.15. The zero-order chi connectivity index (χ0) is 15.9. The molecule has 0 unspecified atom stereocenters. The molecule has 6 heteroatoms. The van der Waals surface area contributed by atoms with Crippen molar-refractivity contribution in [1.29, 1.82) is 0 Å². The number of nitrogens with two attached hydrogens (primary N) is 1. The summed E-state index contributed by atoms with van der Waals surface area (Å²) in [6.45, 7) is 3.59. The zero-order valence-corrected chi connectivity index (χ0v) is 13.6. The molecule has 0 bridgehead atoms. The average Bonchev–Trinajstić information content (AvgIpc) is 2.62. The molecule has 23 heavy (non-hydrogen) atoms. The number of ether oxygens (including phenoxy) is 2. The van der Waals surface area contributed by atoms with E-state index in [0.29, 0.717) is 37.7 Å². The molecular formula is C17H26N4O2. The summed E-state index contributed by atoms with van der Waals surface area (Å²) in [5, 5.41) is 0. The lowest BCUT2D eigenvalue weighted by atomic mass is 9.98. The summed E-state index contributed by atoms with van der Waals surface area (Å²) in [7, 11) is 0. The second-order valence-electron chi connectivity index (χ2n) is 6.15. The molecule has 0 atom stereocenters. The first-order valence-corrected chi connectivity index (χ1v) is 8.55. The van der Waals surface area contributed by atoms with Crippen LogP contribution in [0.3, 0.4) is 0 Å². The number of pyridine rings is 1. The maximum atomic E-state index is 6.06. The number of guanidine groups is 1. The SMILES string of the molecule is NC(=NCc1ccnc(OC2CCCCC2)c1)N1CCOCC1. The summed E-state index contributed by atoms with van der Waals surface area (Å²) in [6.07, 6.45) is 8.20. The van der Waals surface area contributed by atoms with Crippen LogP contribution in [0.5, 0.6) is 5.88 Å². The number of rotatable bonds is 4. The summed E-state index contributed by atoms with van der Waals surface area (Å²) < 4.78 is 11.3. The van der Waals surface area contributed by atoms with Gasteiger partial charge >= 0.3 is 0 Å². The van der Waals surface area contributed by atoms with Crippen molar-refractivity contribution in [1.82, 2.24) is 9.88 Å². The molecule has 2 heterocycles. The van der Waals surface area contributed by atoms with Gasteiger partial charge in [-0.05, 0) is 37.3 Å². The van der Waals surface area contributed by atoms with Gasteiger partial charge in [-0.15, -0.1) is 0 Å². The zero-order valence-electron chi connectivity index (χ0n) is 13.6. The smallest absolute Gasteiger partial charge is 0.213 e. The number of aromatic nitrogens is 1. The molecule has 0 amide bonds. The quantitative estimate of drug-likeness (QED) is 0.678. The van der Waals surface area contributed by atoms with Crippen molar-refractivity contribution in [3.8, 4) is 5.88 Å². The van der Waals surface area contributed by atoms with Crippen molar-refractivity contribution in [3.05, 3.63) is 23.9 Å². The van der Waals surface area contributed by atoms with Crippen molar-refractivity contribution in [2.75, 3.05) is 26.3 Å². The van der Waals surface area contributed by atoms with Gasteiger partial charge in [-0.2, -0.15) is 0 Å². The van der Waals surface area contributed by atoms with E-state index in [1.54, 1.807) is 6.20 Å². The Morgan fingerprint density at radius 3 is 2.87 bits per heavy atom. The number of hydrogen-bond donors (Lipinski definition) is 1. The highest BCUT2D eigenvalue weighted by Gasteiger charge is 2.15. The lowest BCUT2D eigenvalue weighted by molar-refractivity contribution is 0.0674. The van der Waals surface area contributed by atoms with E-state index in [-0.39, 0.29) is 0 Å². The highest BCUT2D eigenvalue weighted by molar-refractivity contribution is 5.78. The van der Waals surface area contributed by atoms with E-state index in [9.17, 15) is 0 Å². The maximum absolute atomic E-state index is 6.06. The molecule has 2 fully saturated rings. The number of morpholine rings is 1. The molecule has 1 aromatic heterocycles. The summed E-state index contributed by atoms with van der Waals surface area (Å²) in [6, 6.07) is 3.94. The monoisotopic (exact) mass is 318 g/mol. The van der Waals surface area contributed by atoms with Crippen LogP contribution in [-0.4, -0.2) is 48.3 Å². The molecule has 6 nitrogen and oxygen atoms in total. The summed E-state index contributed by atoms with van der Waals surface area (Å²) in [5.41, 5.74) is 7.13. The van der Waals surface area contributed by atoms with Crippen LogP contribution < -0.4 is 10.5 Å². The van der Waals surface area contributed by atoms with Gasteiger partial charge in [0.15, 0.2) is 5.96 Å². The van der Waals surface area contributed by atoms with Gasteiger partial charge in [0.2, 0.25) is 5.88 Å². The third-order valence-electron chi connectivity index (χ3n) is 4.40. The Morgan fingerprint density at radius 1 is 1.30 bits per heavy atom. The number of nitrogens with zero attached hydrogens (tertiary/aromatic N) is 3. The van der Waals surface area contributed by atoms with Crippen molar-refractivity contribution >= 4 is 5.96 Å². The summed E-state index contributed by atoms with van der Waals surface area (Å²) >= 11 is 0. The van der Waals surface area contributed by atoms with Crippen molar-refractivity contribution in [3.63, 3.8) is 0 Å². The Hall–Kier alpha value is -1.82. The van der Waals surface area contributed by atoms with Gasteiger partial charge in [0.05, 0.1) is 19.8 Å². The minimum absolute atomic E-state index is 0.313. The van der Waals surface area contributed by atoms with Crippen LogP contribution in [0.1, 0.15) is 37.7 Å². The lowest BCUT2D eigenvalue weighted by Gasteiger charge is -2.27. The van der Waals surface area contributed by atoms with Gasteiger partial charge in [0.1, 0.15) is 6.10 Å². The van der Waals surface area contributed by atoms with E-state index in [4.69, 9.17) is 15.2 Å². The van der Waals surface area contributed by atoms with Gasteiger partial charge in [-0.1, -0.05) is 6.42 Å². The van der Waals surface area contributed by atoms with E-state index >= 15 is 0 Å². The highest BCUT2D eigenvalue weighted by Crippen LogP contribution is 2.22. The van der Waals surface area contributed by atoms with Crippen molar-refractivity contribution in [2.24, 2.45) is 10.7 Å². The second kappa shape index (κ2) is 8.15. The molecule has 2 aliphatic rings. The van der Waals surface area contributed by atoms with E-state index < -0.39 is 0 Å². The van der Waals surface area contributed by atoms with Crippen LogP contribution in [0.25, 0.3) is 0 Å². The molecule has 126 valence electrons. The maximum Gasteiger partial charge on any atom is 0.213 e. The minimum atomic E-state index is 0.313. The molecule has 1 saturated heterocycles. The van der Waals surface area contributed by atoms with E-state index in [0.717, 1.165) is 31.5 Å². The molecule has 1 aliphatic carbocycles. The highest BCUT2D eigenvalue weighted by atomic mass is 16.5. The average molecular weight is 318 g/mol. The predicted octanol–water partition coefficient (Wildman–Crippen LogP) is 1.94. The first kappa shape index (κ1) is 16.1. The molecule has 0 radical (unpaired) electrons. The molecular weight excluding hydrogens is 292 g/mol. The standard InChI is InChI=1S/C17H26N4O2/c18-17(21-8-10-22-11-9-21)20-13-14-6-7-19-16(12-14)23-15-4-2-1-3-5-15/h6-7,12,15H,1-5,8-11,13H2,(H2,18,20). The van der Waals surface area contributed by atoms with E-state index in [1.165, 1.54) is 19.3 Å². The van der Waals surface area contributed by atoms with Crippen LogP contribution in [0, 0.1) is 0 Å². The van der Waals surface area contributed by atoms with Crippen LogP contribution >= 0.6 is 0 Å². The van der Waals surface area contributed by atoms with Gasteiger partial charge in [0.25, 0.3) is 0 Å². The van der Waals surface area contributed by atoms with Crippen molar-refractivity contribution in [2.45, 2.75) is 44.8 Å². The van der Waals surface area contributed by atoms with Crippen LogP contribution in [0.15, 0.2) is 23.3 Å². The molecule has 1 aromatic rings. The minimum Gasteiger partial charge on any atom is -0.474 e. The Kier molecular flexibility index (Phi) is 5.69. The third-order valence-corrected chi connectivity index (χ3v) is 4.40. The fourth-order valence-electron chi connectivity index (χ4n) is 3.03. The summed E-state index contributed by atoms with van der Waals surface area (Å²) in [5.74, 6) is 1.29. The Labute approximate surface area is 137 Å². The van der Waals surface area contributed by atoms with Crippen LogP contribution in [0.2, 0.25) is 0 Å². The fraction of sp³-hybridized carbons (Fsp3) is 0.647. The Balaban J connectivity index is 1.56. The molecule has 1 aliphatic heterocycles. The lowest BCUT2D eigenvalue weighted by Crippen LogP contribution is -2.44. The van der Waals surface area contributed by atoms with E-state index in [2.05, 4.69) is 14.9 Å². The molecule has 3 rings (SSSR count). The van der Waals surface area contributed by atoms with Crippen LogP contribution in [-0.2, 0) is 11.3 Å². The van der Waals surface area contributed by atoms with Crippen LogP contribution in [0.4, 0.5) is 0 Å². The number of aliphatic imine (C=N–C) groups is 1. The molecule has 2 N–H and O–H groups in total. The van der Waals surface area contributed by atoms with Gasteiger partial charge in [-0.3, -0.25) is 0 Å². The van der Waals surface area contributed by atoms with Gasteiger partial charge in [0, 0.05) is 25.4 Å². The third kappa shape index (κ3) is 4.82. The molecule has 1 saturated carbocycles. The predicted molar refractivity (Wildman–Crippen MR) is 89.5 cm³/mol. The first-order chi connectivity index (χ1) is 11.3. The Bertz CT molecular complexity index is 523.